The number of nitrogens with zero attached hydrogens (tertiary/aromatic N) is 1. The number of benzene rings is 1. The van der Waals surface area contributed by atoms with Crippen LogP contribution in [-0.4, -0.2) is 41.4 Å². The summed E-state index contributed by atoms with van der Waals surface area (Å²) in [6.45, 7) is 2.26. The molecule has 1 aromatic rings. The van der Waals surface area contributed by atoms with Crippen molar-refractivity contribution >= 4 is 17.7 Å². The summed E-state index contributed by atoms with van der Waals surface area (Å²) >= 11 is 0. The first-order chi connectivity index (χ1) is 13.9. The molecular formula is C17H18F6N2O6. The smallest absolute Gasteiger partial charge is 0.423 e. The fraction of sp³-hybridized carbons (Fsp3) is 0.529. The molecule has 0 spiro atoms. The van der Waals surface area contributed by atoms with Crippen molar-refractivity contribution < 1.29 is 50.3 Å². The van der Waals surface area contributed by atoms with E-state index in [1.165, 1.54) is 20.8 Å². The van der Waals surface area contributed by atoms with E-state index < -0.39 is 70.8 Å². The van der Waals surface area contributed by atoms with Gasteiger partial charge >= 0.3 is 24.4 Å². The predicted molar refractivity (Wildman–Crippen MR) is 92.0 cm³/mol. The largest absolute Gasteiger partial charge is 0.454 e. The van der Waals surface area contributed by atoms with Crippen LogP contribution in [-0.2, 0) is 26.9 Å². The lowest BCUT2D eigenvalue weighted by molar-refractivity contribution is -0.388. The van der Waals surface area contributed by atoms with Gasteiger partial charge in [-0.2, -0.15) is 26.3 Å². The number of hydrogen-bond donors (Lipinski definition) is 1. The standard InChI is InChI=1S/C17H18F6N2O6/c1-15(2,3)31-14(27)24-11(13(26)30-8-16(18,19)20)7-9-5-4-6-10(17(21,22)23)12(9)25(28)29/h4-6,11H,7-8H2,1-3H3,(H,24,27)/t11-/m0/s1. The maximum atomic E-state index is 13.1. The summed E-state index contributed by atoms with van der Waals surface area (Å²) in [5.41, 5.74) is -4.79. The number of esters is 1. The van der Waals surface area contributed by atoms with E-state index in [2.05, 4.69) is 4.74 Å². The van der Waals surface area contributed by atoms with Gasteiger partial charge in [0.1, 0.15) is 17.2 Å². The van der Waals surface area contributed by atoms with E-state index in [1.54, 1.807) is 0 Å². The summed E-state index contributed by atoms with van der Waals surface area (Å²) in [7, 11) is 0. The number of ether oxygens (including phenoxy) is 2. The number of carbonyl (C=O) groups excluding carboxylic acids is 2. The van der Waals surface area contributed by atoms with Gasteiger partial charge in [-0.15, -0.1) is 0 Å². The molecule has 0 aromatic heterocycles. The molecule has 0 fully saturated rings. The maximum absolute atomic E-state index is 13.1. The zero-order chi connectivity index (χ0) is 24.2. The van der Waals surface area contributed by atoms with Gasteiger partial charge in [0, 0.05) is 12.0 Å². The Hall–Kier alpha value is -3.06. The Balaban J connectivity index is 3.30. The lowest BCUT2D eigenvalue weighted by atomic mass is 10.00. The molecule has 0 aliphatic carbocycles. The number of alkyl carbamates (subject to hydrolysis) is 1. The maximum Gasteiger partial charge on any atom is 0.423 e. The number of nitro benzene ring substituents is 1. The van der Waals surface area contributed by atoms with E-state index >= 15 is 0 Å². The van der Waals surface area contributed by atoms with Crippen molar-refractivity contribution in [2.24, 2.45) is 0 Å². The van der Waals surface area contributed by atoms with Crippen molar-refractivity contribution in [1.29, 1.82) is 0 Å². The van der Waals surface area contributed by atoms with Gasteiger partial charge < -0.3 is 14.8 Å². The van der Waals surface area contributed by atoms with Gasteiger partial charge in [-0.25, -0.2) is 9.59 Å². The second-order valence-electron chi connectivity index (χ2n) is 7.19. The number of nitrogens with one attached hydrogen (secondary N) is 1. The number of alkyl halides is 6. The molecule has 0 radical (unpaired) electrons. The van der Waals surface area contributed by atoms with Gasteiger partial charge in [0.2, 0.25) is 0 Å². The quantitative estimate of drug-likeness (QED) is 0.296. The average molecular weight is 460 g/mol. The van der Waals surface area contributed by atoms with Crippen molar-refractivity contribution in [3.8, 4) is 0 Å². The highest BCUT2D eigenvalue weighted by atomic mass is 19.4. The minimum absolute atomic E-state index is 0.430. The lowest BCUT2D eigenvalue weighted by Crippen LogP contribution is -2.46. The van der Waals surface area contributed by atoms with Crippen molar-refractivity contribution in [2.45, 2.75) is 51.2 Å². The molecule has 8 nitrogen and oxygen atoms in total. The number of carbonyl (C=O) groups is 2. The summed E-state index contributed by atoms with van der Waals surface area (Å²) in [5.74, 6) is -1.67. The van der Waals surface area contributed by atoms with Crippen LogP contribution in [0.5, 0.6) is 0 Å². The molecule has 1 atom stereocenters. The monoisotopic (exact) mass is 460 g/mol. The van der Waals surface area contributed by atoms with Crippen LogP contribution in [0.15, 0.2) is 18.2 Å². The highest BCUT2D eigenvalue weighted by Gasteiger charge is 2.41. The SMILES string of the molecule is CC(C)(C)OC(=O)N[C@@H](Cc1cccc(C(F)(F)F)c1[N+](=O)[O-])C(=O)OCC(F)(F)F. The van der Waals surface area contributed by atoms with Gasteiger partial charge in [-0.3, -0.25) is 10.1 Å². The molecule has 1 amide bonds. The Kier molecular flexibility index (Phi) is 7.87. The fourth-order valence-electron chi connectivity index (χ4n) is 2.32. The number of hydrogen-bond acceptors (Lipinski definition) is 6. The molecule has 1 N–H and O–H groups in total. The van der Waals surface area contributed by atoms with Gasteiger partial charge in [0.25, 0.3) is 5.69 Å². The Morgan fingerprint density at radius 1 is 1.13 bits per heavy atom. The van der Waals surface area contributed by atoms with Gasteiger partial charge in [-0.05, 0) is 26.8 Å². The molecular weight excluding hydrogens is 442 g/mol. The summed E-state index contributed by atoms with van der Waals surface area (Å²) in [5, 5.41) is 13.1. The van der Waals surface area contributed by atoms with Crippen LogP contribution >= 0.6 is 0 Å². The summed E-state index contributed by atoms with van der Waals surface area (Å²) in [6, 6.07) is 0.115. The number of para-hydroxylation sites is 1. The van der Waals surface area contributed by atoms with Crippen LogP contribution in [0.4, 0.5) is 36.8 Å². The molecule has 0 bridgehead atoms. The van der Waals surface area contributed by atoms with Gasteiger partial charge in [0.05, 0.1) is 4.92 Å². The highest BCUT2D eigenvalue weighted by Crippen LogP contribution is 2.38. The van der Waals surface area contributed by atoms with E-state index in [0.717, 1.165) is 12.1 Å². The molecule has 31 heavy (non-hydrogen) atoms. The van der Waals surface area contributed by atoms with Crippen LogP contribution in [0.1, 0.15) is 31.9 Å². The number of nitro groups is 1. The second-order valence-corrected chi connectivity index (χ2v) is 7.19. The number of rotatable bonds is 6. The molecule has 0 saturated heterocycles. The van der Waals surface area contributed by atoms with Crippen molar-refractivity contribution in [2.75, 3.05) is 6.61 Å². The Labute approximate surface area is 171 Å². The van der Waals surface area contributed by atoms with E-state index in [4.69, 9.17) is 4.74 Å². The van der Waals surface area contributed by atoms with Crippen molar-refractivity contribution in [3.63, 3.8) is 0 Å². The number of amides is 1. The third-order valence-electron chi connectivity index (χ3n) is 3.39. The van der Waals surface area contributed by atoms with Gasteiger partial charge in [0.15, 0.2) is 6.61 Å². The van der Waals surface area contributed by atoms with Crippen LogP contribution < -0.4 is 5.32 Å². The Morgan fingerprint density at radius 3 is 2.16 bits per heavy atom. The topological polar surface area (TPSA) is 108 Å². The molecule has 14 heteroatoms. The fourth-order valence-corrected chi connectivity index (χ4v) is 2.32. The summed E-state index contributed by atoms with van der Waals surface area (Å²) in [6.07, 6.45) is -12.3. The predicted octanol–water partition coefficient (Wildman–Crippen LogP) is 4.15. The average Bonchev–Trinajstić information content (AvgIpc) is 2.55. The zero-order valence-corrected chi connectivity index (χ0v) is 16.4. The zero-order valence-electron chi connectivity index (χ0n) is 16.4. The second kappa shape index (κ2) is 9.39. The highest BCUT2D eigenvalue weighted by molar-refractivity contribution is 5.82. The van der Waals surface area contributed by atoms with E-state index in [1.807, 2.05) is 5.32 Å². The minimum Gasteiger partial charge on any atom is -0.454 e. The Bertz CT molecular complexity index is 832. The molecule has 0 aliphatic heterocycles. The third-order valence-corrected chi connectivity index (χ3v) is 3.39. The van der Waals surface area contributed by atoms with Crippen LogP contribution in [0.3, 0.4) is 0 Å². The van der Waals surface area contributed by atoms with E-state index in [0.29, 0.717) is 6.07 Å². The van der Waals surface area contributed by atoms with Crippen molar-refractivity contribution in [3.05, 3.63) is 39.4 Å². The first kappa shape index (κ1) is 26.0. The molecule has 174 valence electrons. The van der Waals surface area contributed by atoms with Crippen LogP contribution in [0.2, 0.25) is 0 Å². The summed E-state index contributed by atoms with van der Waals surface area (Å²) < 4.78 is 85.3. The number of halogens is 6. The molecule has 0 aliphatic rings. The van der Waals surface area contributed by atoms with Crippen LogP contribution in [0.25, 0.3) is 0 Å². The first-order valence-electron chi connectivity index (χ1n) is 8.47. The molecule has 0 heterocycles. The molecule has 1 aromatic carbocycles. The Morgan fingerprint density at radius 2 is 1.71 bits per heavy atom. The normalized spacial score (nSPS) is 13.3. The van der Waals surface area contributed by atoms with E-state index in [9.17, 15) is 46.0 Å². The minimum atomic E-state index is -5.12. The third kappa shape index (κ3) is 8.68. The molecule has 1 rings (SSSR count). The molecule has 0 saturated carbocycles. The lowest BCUT2D eigenvalue weighted by Gasteiger charge is -2.23. The summed E-state index contributed by atoms with van der Waals surface area (Å²) in [4.78, 5) is 33.9. The van der Waals surface area contributed by atoms with Gasteiger partial charge in [-0.1, -0.05) is 12.1 Å². The molecule has 0 unspecified atom stereocenters. The van der Waals surface area contributed by atoms with Crippen LogP contribution in [0, 0.1) is 10.1 Å². The van der Waals surface area contributed by atoms with E-state index in [-0.39, 0.29) is 0 Å². The van der Waals surface area contributed by atoms with Crippen molar-refractivity contribution in [1.82, 2.24) is 5.32 Å². The first-order valence-corrected chi connectivity index (χ1v) is 8.47.